The van der Waals surface area contributed by atoms with Crippen LogP contribution in [0.4, 0.5) is 5.69 Å². The molecule has 25 heavy (non-hydrogen) atoms. The lowest BCUT2D eigenvalue weighted by molar-refractivity contribution is -0.305. The summed E-state index contributed by atoms with van der Waals surface area (Å²) in [5.74, 6) is 0.232. The number of aliphatic carboxylic acids is 1. The molecule has 0 saturated heterocycles. The molecular formula is C20H22NO4-. The fourth-order valence-electron chi connectivity index (χ4n) is 2.38. The number of carbonyl (C=O) groups excluding carboxylic acids is 2. The van der Waals surface area contributed by atoms with Gasteiger partial charge < -0.3 is 20.0 Å². The fraction of sp³-hybridized carbons (Fsp3) is 0.300. The Bertz CT molecular complexity index is 751. The zero-order valence-electron chi connectivity index (χ0n) is 14.7. The SMILES string of the molecule is Cc1ccc(C(C)C)c(Oc2ccc(NC(=O)CCC(=O)[O-])cc2)c1. The number of benzene rings is 2. The lowest BCUT2D eigenvalue weighted by Gasteiger charge is -2.15. The van der Waals surface area contributed by atoms with Gasteiger partial charge in [-0.15, -0.1) is 0 Å². The van der Waals surface area contributed by atoms with Gasteiger partial charge in [0.25, 0.3) is 0 Å². The van der Waals surface area contributed by atoms with Crippen LogP contribution in [0.1, 0.15) is 43.7 Å². The first-order valence-electron chi connectivity index (χ1n) is 8.23. The Balaban J connectivity index is 2.05. The number of aryl methyl sites for hydroxylation is 1. The molecule has 0 bridgehead atoms. The number of carboxylic acids is 1. The Labute approximate surface area is 147 Å². The van der Waals surface area contributed by atoms with E-state index in [1.807, 2.05) is 13.0 Å². The summed E-state index contributed by atoms with van der Waals surface area (Å²) in [7, 11) is 0. The van der Waals surface area contributed by atoms with E-state index in [0.29, 0.717) is 17.4 Å². The maximum atomic E-state index is 11.6. The van der Waals surface area contributed by atoms with Gasteiger partial charge in [-0.3, -0.25) is 4.79 Å². The van der Waals surface area contributed by atoms with E-state index in [1.165, 1.54) is 0 Å². The molecule has 5 nitrogen and oxygen atoms in total. The molecule has 0 unspecified atom stereocenters. The molecule has 0 saturated carbocycles. The van der Waals surface area contributed by atoms with Crippen molar-refractivity contribution in [3.63, 3.8) is 0 Å². The Morgan fingerprint density at radius 3 is 2.36 bits per heavy atom. The molecule has 0 spiro atoms. The normalized spacial score (nSPS) is 10.6. The van der Waals surface area contributed by atoms with Crippen LogP contribution in [0.3, 0.4) is 0 Å². The Morgan fingerprint density at radius 2 is 1.76 bits per heavy atom. The van der Waals surface area contributed by atoms with Crippen molar-refractivity contribution < 1.29 is 19.4 Å². The highest BCUT2D eigenvalue weighted by Gasteiger charge is 2.09. The highest BCUT2D eigenvalue weighted by atomic mass is 16.5. The molecule has 1 amide bonds. The molecule has 2 rings (SSSR count). The number of ether oxygens (including phenoxy) is 1. The second kappa shape index (κ2) is 8.33. The second-order valence-corrected chi connectivity index (χ2v) is 6.24. The molecule has 0 aliphatic heterocycles. The third-order valence-electron chi connectivity index (χ3n) is 3.71. The monoisotopic (exact) mass is 340 g/mol. The van der Waals surface area contributed by atoms with Gasteiger partial charge in [0.2, 0.25) is 5.91 Å². The fourth-order valence-corrected chi connectivity index (χ4v) is 2.38. The smallest absolute Gasteiger partial charge is 0.224 e. The van der Waals surface area contributed by atoms with Crippen molar-refractivity contribution in [2.24, 2.45) is 0 Å². The highest BCUT2D eigenvalue weighted by Crippen LogP contribution is 2.31. The van der Waals surface area contributed by atoms with E-state index in [-0.39, 0.29) is 18.7 Å². The summed E-state index contributed by atoms with van der Waals surface area (Å²) in [6.07, 6.45) is -0.403. The Kier molecular flexibility index (Phi) is 6.17. The van der Waals surface area contributed by atoms with Crippen molar-refractivity contribution in [3.05, 3.63) is 53.6 Å². The van der Waals surface area contributed by atoms with Crippen LogP contribution in [0.2, 0.25) is 0 Å². The number of carboxylic acid groups (broad SMARTS) is 1. The molecule has 5 heteroatoms. The Hall–Kier alpha value is -2.82. The lowest BCUT2D eigenvalue weighted by atomic mass is 10.0. The van der Waals surface area contributed by atoms with E-state index in [2.05, 4.69) is 31.3 Å². The van der Waals surface area contributed by atoms with E-state index >= 15 is 0 Å². The van der Waals surface area contributed by atoms with E-state index in [4.69, 9.17) is 4.74 Å². The van der Waals surface area contributed by atoms with E-state index in [0.717, 1.165) is 16.9 Å². The van der Waals surface area contributed by atoms with Gasteiger partial charge in [0.05, 0.1) is 0 Å². The first-order chi connectivity index (χ1) is 11.8. The first kappa shape index (κ1) is 18.5. The summed E-state index contributed by atoms with van der Waals surface area (Å²) < 4.78 is 5.99. The number of hydrogen-bond acceptors (Lipinski definition) is 4. The van der Waals surface area contributed by atoms with Crippen molar-refractivity contribution in [2.45, 2.75) is 39.5 Å². The predicted molar refractivity (Wildman–Crippen MR) is 94.7 cm³/mol. The molecule has 2 aromatic rings. The number of carbonyl (C=O) groups is 2. The molecule has 2 aromatic carbocycles. The van der Waals surface area contributed by atoms with Gasteiger partial charge in [0, 0.05) is 18.1 Å². The van der Waals surface area contributed by atoms with Crippen LogP contribution >= 0.6 is 0 Å². The molecular weight excluding hydrogens is 318 g/mol. The second-order valence-electron chi connectivity index (χ2n) is 6.24. The van der Waals surface area contributed by atoms with Crippen molar-refractivity contribution in [1.82, 2.24) is 0 Å². The van der Waals surface area contributed by atoms with Crippen molar-refractivity contribution in [1.29, 1.82) is 0 Å². The van der Waals surface area contributed by atoms with Gasteiger partial charge >= 0.3 is 0 Å². The van der Waals surface area contributed by atoms with E-state index in [1.54, 1.807) is 24.3 Å². The first-order valence-corrected chi connectivity index (χ1v) is 8.23. The summed E-state index contributed by atoms with van der Waals surface area (Å²) >= 11 is 0. The van der Waals surface area contributed by atoms with Crippen molar-refractivity contribution in [2.75, 3.05) is 5.32 Å². The van der Waals surface area contributed by atoms with Crippen LogP contribution in [0, 0.1) is 6.92 Å². The summed E-state index contributed by atoms with van der Waals surface area (Å²) in [4.78, 5) is 22.0. The van der Waals surface area contributed by atoms with Gasteiger partial charge in [-0.05, 0) is 60.7 Å². The van der Waals surface area contributed by atoms with Gasteiger partial charge in [-0.1, -0.05) is 26.0 Å². The van der Waals surface area contributed by atoms with E-state index < -0.39 is 5.97 Å². The lowest BCUT2D eigenvalue weighted by Crippen LogP contribution is -2.24. The zero-order chi connectivity index (χ0) is 18.4. The average molecular weight is 340 g/mol. The summed E-state index contributed by atoms with van der Waals surface area (Å²) in [6.45, 7) is 6.24. The molecule has 1 N–H and O–H groups in total. The Morgan fingerprint density at radius 1 is 1.08 bits per heavy atom. The molecule has 0 aliphatic rings. The minimum absolute atomic E-state index is 0.109. The summed E-state index contributed by atoms with van der Waals surface area (Å²) in [5, 5.41) is 13.0. The maximum Gasteiger partial charge on any atom is 0.224 e. The third kappa shape index (κ3) is 5.64. The minimum atomic E-state index is -1.24. The van der Waals surface area contributed by atoms with Gasteiger partial charge in [-0.25, -0.2) is 0 Å². The molecule has 0 fully saturated rings. The van der Waals surface area contributed by atoms with Gasteiger partial charge in [0.15, 0.2) is 0 Å². The average Bonchev–Trinajstić information content (AvgIpc) is 2.54. The molecule has 132 valence electrons. The molecule has 0 aliphatic carbocycles. The molecule has 0 atom stereocenters. The summed E-state index contributed by atoms with van der Waals surface area (Å²) in [5.41, 5.74) is 2.84. The van der Waals surface area contributed by atoms with Crippen LogP contribution in [-0.4, -0.2) is 11.9 Å². The number of amides is 1. The molecule has 0 heterocycles. The number of anilines is 1. The quantitative estimate of drug-likeness (QED) is 0.838. The summed E-state index contributed by atoms with van der Waals surface area (Å²) in [6, 6.07) is 13.1. The van der Waals surface area contributed by atoms with Gasteiger partial charge in [0.1, 0.15) is 11.5 Å². The van der Waals surface area contributed by atoms with Crippen LogP contribution in [0.25, 0.3) is 0 Å². The standard InChI is InChI=1S/C20H23NO4/c1-13(2)17-9-4-14(3)12-18(17)25-16-7-5-15(6-8-16)21-19(22)10-11-20(23)24/h4-9,12-13H,10-11H2,1-3H3,(H,21,22)(H,23,24)/p-1. The molecule has 0 radical (unpaired) electrons. The number of hydrogen-bond donors (Lipinski definition) is 1. The zero-order valence-corrected chi connectivity index (χ0v) is 14.7. The predicted octanol–water partition coefficient (Wildman–Crippen LogP) is 3.38. The third-order valence-corrected chi connectivity index (χ3v) is 3.71. The van der Waals surface area contributed by atoms with Crippen LogP contribution in [0.15, 0.2) is 42.5 Å². The topological polar surface area (TPSA) is 78.5 Å². The van der Waals surface area contributed by atoms with Crippen LogP contribution < -0.4 is 15.2 Å². The highest BCUT2D eigenvalue weighted by molar-refractivity contribution is 5.92. The van der Waals surface area contributed by atoms with Crippen LogP contribution in [-0.2, 0) is 9.59 Å². The number of rotatable bonds is 7. The van der Waals surface area contributed by atoms with E-state index in [9.17, 15) is 14.7 Å². The van der Waals surface area contributed by atoms with Gasteiger partial charge in [-0.2, -0.15) is 0 Å². The van der Waals surface area contributed by atoms with Crippen LogP contribution in [0.5, 0.6) is 11.5 Å². The minimum Gasteiger partial charge on any atom is -0.550 e. The largest absolute Gasteiger partial charge is 0.550 e. The maximum absolute atomic E-state index is 11.6. The number of nitrogens with one attached hydrogen (secondary N) is 1. The van der Waals surface area contributed by atoms with Crippen molar-refractivity contribution >= 4 is 17.6 Å². The molecule has 0 aromatic heterocycles. The van der Waals surface area contributed by atoms with Crippen molar-refractivity contribution in [3.8, 4) is 11.5 Å².